The molecule has 1 atom stereocenters. The van der Waals surface area contributed by atoms with Crippen LogP contribution < -0.4 is 5.73 Å². The van der Waals surface area contributed by atoms with Gasteiger partial charge in [0, 0.05) is 14.5 Å². The highest BCUT2D eigenvalue weighted by molar-refractivity contribution is 14.1. The van der Waals surface area contributed by atoms with E-state index in [9.17, 15) is 0 Å². The highest BCUT2D eigenvalue weighted by Gasteiger charge is 2.27. The lowest BCUT2D eigenvalue weighted by atomic mass is 9.79. The number of hydrogen-bond donors (Lipinski definition) is 1. The maximum absolute atomic E-state index is 6.15. The van der Waals surface area contributed by atoms with Crippen molar-refractivity contribution in [2.75, 3.05) is 0 Å². The van der Waals surface area contributed by atoms with Gasteiger partial charge in [-0.1, -0.05) is 6.42 Å². The van der Waals surface area contributed by atoms with Crippen molar-refractivity contribution in [3.05, 3.63) is 19.9 Å². The zero-order chi connectivity index (χ0) is 8.55. The van der Waals surface area contributed by atoms with E-state index in [1.807, 2.05) is 0 Å². The minimum absolute atomic E-state index is 0.311. The first kappa shape index (κ1) is 8.97. The second-order valence-electron chi connectivity index (χ2n) is 3.35. The smallest absolute Gasteiger partial charge is 0.0429 e. The molecule has 0 aliphatic heterocycles. The number of halogens is 1. The molecular weight excluding hydrogens is 281 g/mol. The zero-order valence-corrected chi connectivity index (χ0v) is 9.77. The molecule has 0 bridgehead atoms. The molecule has 0 saturated heterocycles. The Hall–Kier alpha value is 0.390. The lowest BCUT2D eigenvalue weighted by Gasteiger charge is -2.30. The Morgan fingerprint density at radius 2 is 2.33 bits per heavy atom. The second kappa shape index (κ2) is 3.64. The average Bonchev–Trinajstić information content (AvgIpc) is 2.31. The van der Waals surface area contributed by atoms with Gasteiger partial charge in [0.05, 0.1) is 0 Å². The van der Waals surface area contributed by atoms with Gasteiger partial charge in [-0.15, -0.1) is 11.3 Å². The van der Waals surface area contributed by atoms with Gasteiger partial charge in [0.25, 0.3) is 0 Å². The van der Waals surface area contributed by atoms with E-state index in [2.05, 4.69) is 34.0 Å². The monoisotopic (exact) mass is 293 g/mol. The van der Waals surface area contributed by atoms with Gasteiger partial charge in [0.15, 0.2) is 0 Å². The van der Waals surface area contributed by atoms with Crippen LogP contribution in [0.25, 0.3) is 0 Å². The van der Waals surface area contributed by atoms with E-state index >= 15 is 0 Å². The van der Waals surface area contributed by atoms with Crippen LogP contribution in [0, 0.1) is 9.49 Å². The molecule has 1 nitrogen and oxygen atoms in total. The normalized spacial score (nSPS) is 20.5. The molecule has 1 unspecified atom stereocenters. The molecule has 1 aliphatic rings. The van der Waals surface area contributed by atoms with Gasteiger partial charge >= 0.3 is 0 Å². The molecule has 0 aromatic carbocycles. The summed E-state index contributed by atoms with van der Waals surface area (Å²) in [5.41, 5.74) is 6.15. The lowest BCUT2D eigenvalue weighted by molar-refractivity contribution is 0.266. The first-order valence-corrected chi connectivity index (χ1v) is 6.23. The predicted octanol–water partition coefficient (Wildman–Crippen LogP) is 3.15. The molecule has 0 spiro atoms. The molecule has 2 N–H and O–H groups in total. The number of rotatable bonds is 2. The van der Waals surface area contributed by atoms with Crippen LogP contribution in [-0.2, 0) is 0 Å². The van der Waals surface area contributed by atoms with Crippen molar-refractivity contribution in [2.45, 2.75) is 25.3 Å². The van der Waals surface area contributed by atoms with Gasteiger partial charge < -0.3 is 5.73 Å². The molecule has 1 heterocycles. The van der Waals surface area contributed by atoms with Gasteiger partial charge in [0.2, 0.25) is 0 Å². The van der Waals surface area contributed by atoms with E-state index in [0.717, 1.165) is 5.92 Å². The third-order valence-corrected chi connectivity index (χ3v) is 4.93. The van der Waals surface area contributed by atoms with Crippen molar-refractivity contribution >= 4 is 33.9 Å². The molecule has 1 fully saturated rings. The Labute approximate surface area is 90.5 Å². The average molecular weight is 293 g/mol. The first-order valence-electron chi connectivity index (χ1n) is 4.27. The fraction of sp³-hybridized carbons (Fsp3) is 0.556. The number of thiophene rings is 1. The summed E-state index contributed by atoms with van der Waals surface area (Å²) in [5, 5.41) is 2.13. The minimum atomic E-state index is 0.311. The van der Waals surface area contributed by atoms with E-state index in [0.29, 0.717) is 6.04 Å². The number of nitrogens with two attached hydrogens (primary N) is 1. The van der Waals surface area contributed by atoms with Crippen LogP contribution in [0.15, 0.2) is 11.4 Å². The van der Waals surface area contributed by atoms with Crippen molar-refractivity contribution in [3.63, 3.8) is 0 Å². The molecule has 1 saturated carbocycles. The van der Waals surface area contributed by atoms with Crippen LogP contribution in [-0.4, -0.2) is 0 Å². The molecule has 0 radical (unpaired) electrons. The summed E-state index contributed by atoms with van der Waals surface area (Å²) in [6.07, 6.45) is 4.03. The Kier molecular flexibility index (Phi) is 2.72. The van der Waals surface area contributed by atoms with Gasteiger partial charge in [-0.25, -0.2) is 0 Å². The molecule has 66 valence electrons. The van der Waals surface area contributed by atoms with E-state index in [4.69, 9.17) is 5.73 Å². The summed E-state index contributed by atoms with van der Waals surface area (Å²) < 4.78 is 1.34. The number of hydrogen-bond acceptors (Lipinski definition) is 2. The standard InChI is InChI=1S/C9H12INS/c10-7-4-5-12-9(7)8(11)6-2-1-3-6/h4-6,8H,1-3,11H2. The van der Waals surface area contributed by atoms with E-state index in [1.54, 1.807) is 11.3 Å². The van der Waals surface area contributed by atoms with Crippen LogP contribution in [0.2, 0.25) is 0 Å². The van der Waals surface area contributed by atoms with Crippen molar-refractivity contribution in [3.8, 4) is 0 Å². The van der Waals surface area contributed by atoms with E-state index in [-0.39, 0.29) is 0 Å². The molecule has 0 amide bonds. The van der Waals surface area contributed by atoms with Crippen LogP contribution in [0.3, 0.4) is 0 Å². The second-order valence-corrected chi connectivity index (χ2v) is 5.46. The summed E-state index contributed by atoms with van der Waals surface area (Å²) in [4.78, 5) is 1.39. The Bertz CT molecular complexity index is 267. The molecular formula is C9H12INS. The van der Waals surface area contributed by atoms with Crippen LogP contribution in [0.5, 0.6) is 0 Å². The Morgan fingerprint density at radius 3 is 2.75 bits per heavy atom. The van der Waals surface area contributed by atoms with Crippen LogP contribution >= 0.6 is 33.9 Å². The Morgan fingerprint density at radius 1 is 1.58 bits per heavy atom. The van der Waals surface area contributed by atoms with Crippen LogP contribution in [0.1, 0.15) is 30.2 Å². The fourth-order valence-electron chi connectivity index (χ4n) is 1.56. The van der Waals surface area contributed by atoms with Crippen molar-refractivity contribution in [1.29, 1.82) is 0 Å². The van der Waals surface area contributed by atoms with E-state index in [1.165, 1.54) is 27.7 Å². The molecule has 1 aromatic heterocycles. The summed E-state index contributed by atoms with van der Waals surface area (Å²) >= 11 is 4.18. The SMILES string of the molecule is NC(c1sccc1I)C1CCC1. The molecule has 2 rings (SSSR count). The van der Waals surface area contributed by atoms with Gasteiger partial charge in [-0.05, 0) is 52.8 Å². The molecule has 12 heavy (non-hydrogen) atoms. The van der Waals surface area contributed by atoms with Gasteiger partial charge in [-0.3, -0.25) is 0 Å². The minimum Gasteiger partial charge on any atom is -0.323 e. The molecule has 3 heteroatoms. The van der Waals surface area contributed by atoms with Crippen LogP contribution in [0.4, 0.5) is 0 Å². The van der Waals surface area contributed by atoms with Gasteiger partial charge in [-0.2, -0.15) is 0 Å². The van der Waals surface area contributed by atoms with E-state index < -0.39 is 0 Å². The third-order valence-electron chi connectivity index (χ3n) is 2.61. The fourth-order valence-corrected chi connectivity index (χ4v) is 3.60. The largest absolute Gasteiger partial charge is 0.323 e. The molecule has 1 aliphatic carbocycles. The summed E-state index contributed by atoms with van der Waals surface area (Å²) in [5.74, 6) is 0.761. The van der Waals surface area contributed by atoms with Crippen molar-refractivity contribution in [2.24, 2.45) is 11.7 Å². The summed E-state index contributed by atoms with van der Waals surface area (Å²) in [6, 6.07) is 2.46. The summed E-state index contributed by atoms with van der Waals surface area (Å²) in [7, 11) is 0. The quantitative estimate of drug-likeness (QED) is 0.833. The Balaban J connectivity index is 2.13. The predicted molar refractivity (Wildman–Crippen MR) is 61.3 cm³/mol. The van der Waals surface area contributed by atoms with Crippen molar-refractivity contribution < 1.29 is 0 Å². The highest BCUT2D eigenvalue weighted by Crippen LogP contribution is 2.39. The zero-order valence-electron chi connectivity index (χ0n) is 6.79. The maximum atomic E-state index is 6.15. The van der Waals surface area contributed by atoms with Crippen molar-refractivity contribution in [1.82, 2.24) is 0 Å². The van der Waals surface area contributed by atoms with Gasteiger partial charge in [0.1, 0.15) is 0 Å². The first-order chi connectivity index (χ1) is 5.79. The maximum Gasteiger partial charge on any atom is 0.0429 e. The highest BCUT2D eigenvalue weighted by atomic mass is 127. The third kappa shape index (κ3) is 1.54. The molecule has 1 aromatic rings. The summed E-state index contributed by atoms with van der Waals surface area (Å²) in [6.45, 7) is 0. The topological polar surface area (TPSA) is 26.0 Å². The lowest BCUT2D eigenvalue weighted by Crippen LogP contribution is -2.26.